The lowest BCUT2D eigenvalue weighted by Crippen LogP contribution is -2.37. The molecule has 94 valence electrons. The Bertz CT molecular complexity index is 223. The minimum Gasteiger partial charge on any atom is -0.356 e. The molecule has 0 radical (unpaired) electrons. The molecule has 3 N–H and O–H groups in total. The topological polar surface area (TPSA) is 67.6 Å². The van der Waals surface area contributed by atoms with Crippen LogP contribution in [0.1, 0.15) is 39.0 Å². The first kappa shape index (κ1) is 13.4. The van der Waals surface area contributed by atoms with Crippen molar-refractivity contribution in [3.63, 3.8) is 0 Å². The molecule has 2 atom stereocenters. The van der Waals surface area contributed by atoms with Crippen LogP contribution in [0.4, 0.5) is 0 Å². The monoisotopic (exact) mass is 229 g/mol. The van der Waals surface area contributed by atoms with E-state index in [0.29, 0.717) is 12.5 Å². The van der Waals surface area contributed by atoms with Gasteiger partial charge in [-0.3, -0.25) is 4.79 Å². The van der Waals surface area contributed by atoms with Gasteiger partial charge in [0, 0.05) is 12.6 Å². The van der Waals surface area contributed by atoms with Crippen LogP contribution in [0.3, 0.4) is 0 Å². The number of carbonyl (C=O) groups is 1. The number of nitrogens with two attached hydrogens (primary N) is 1. The van der Waals surface area contributed by atoms with Crippen LogP contribution in [0.15, 0.2) is 0 Å². The largest absolute Gasteiger partial charge is 0.356 e. The van der Waals surface area contributed by atoms with Gasteiger partial charge >= 0.3 is 5.97 Å². The zero-order valence-corrected chi connectivity index (χ0v) is 10.2. The fourth-order valence-electron chi connectivity index (χ4n) is 2.37. The predicted octanol–water partition coefficient (Wildman–Crippen LogP) is 0.809. The van der Waals surface area contributed by atoms with E-state index in [1.165, 1.54) is 25.7 Å². The van der Waals surface area contributed by atoms with Crippen LogP contribution in [0.2, 0.25) is 0 Å². The molecule has 5 nitrogen and oxygen atoms in total. The number of nitrogens with zero attached hydrogens (tertiary/aromatic N) is 1. The summed E-state index contributed by atoms with van der Waals surface area (Å²) in [6.07, 6.45) is 5.49. The molecule has 0 spiro atoms. The summed E-state index contributed by atoms with van der Waals surface area (Å²) in [6, 6.07) is 0.613. The Hall–Kier alpha value is -0.650. The number of hydrazine groups is 1. The van der Waals surface area contributed by atoms with Gasteiger partial charge in [-0.1, -0.05) is 25.4 Å². The third-order valence-electron chi connectivity index (χ3n) is 3.37. The van der Waals surface area contributed by atoms with E-state index in [1.54, 1.807) is 0 Å². The number of nitrogens with one attached hydrogen (secondary N) is 1. The molecule has 1 rings (SSSR count). The maximum Gasteiger partial charge on any atom is 0.327 e. The molecule has 0 heterocycles. The Morgan fingerprint density at radius 2 is 2.31 bits per heavy atom. The molecule has 1 fully saturated rings. The van der Waals surface area contributed by atoms with Crippen molar-refractivity contribution < 1.29 is 9.63 Å². The fourth-order valence-corrected chi connectivity index (χ4v) is 2.37. The summed E-state index contributed by atoms with van der Waals surface area (Å²) in [4.78, 5) is 17.8. The van der Waals surface area contributed by atoms with Crippen molar-refractivity contribution in [2.75, 3.05) is 13.6 Å². The Kier molecular flexibility index (Phi) is 5.73. The SMILES string of the molecule is CC1CCCC(N(C)CCC(=O)ONN)C1. The molecule has 1 aliphatic carbocycles. The van der Waals surface area contributed by atoms with Crippen molar-refractivity contribution in [2.24, 2.45) is 11.8 Å². The first-order chi connectivity index (χ1) is 7.63. The lowest BCUT2D eigenvalue weighted by Gasteiger charge is -2.33. The normalized spacial score (nSPS) is 25.8. The Labute approximate surface area is 97.2 Å². The number of carbonyl (C=O) groups excluding carboxylic acids is 1. The predicted molar refractivity (Wildman–Crippen MR) is 62.1 cm³/mol. The van der Waals surface area contributed by atoms with Gasteiger partial charge in [0.25, 0.3) is 0 Å². The van der Waals surface area contributed by atoms with Crippen LogP contribution in [-0.2, 0) is 9.63 Å². The lowest BCUT2D eigenvalue weighted by molar-refractivity contribution is -0.151. The Morgan fingerprint density at radius 1 is 1.56 bits per heavy atom. The second-order valence-corrected chi connectivity index (χ2v) is 4.75. The van der Waals surface area contributed by atoms with Gasteiger partial charge in [0.2, 0.25) is 0 Å². The molecule has 16 heavy (non-hydrogen) atoms. The molecule has 5 heteroatoms. The average molecular weight is 229 g/mol. The minimum atomic E-state index is -0.307. The zero-order chi connectivity index (χ0) is 12.0. The summed E-state index contributed by atoms with van der Waals surface area (Å²) < 4.78 is 0. The third kappa shape index (κ3) is 4.47. The molecular weight excluding hydrogens is 206 g/mol. The van der Waals surface area contributed by atoms with Crippen molar-refractivity contribution in [2.45, 2.75) is 45.1 Å². The van der Waals surface area contributed by atoms with Crippen molar-refractivity contribution in [1.82, 2.24) is 10.5 Å². The summed E-state index contributed by atoms with van der Waals surface area (Å²) in [6.45, 7) is 3.03. The van der Waals surface area contributed by atoms with Gasteiger partial charge < -0.3 is 9.74 Å². The maximum absolute atomic E-state index is 11.1. The molecule has 0 aromatic heterocycles. The Balaban J connectivity index is 2.23. The van der Waals surface area contributed by atoms with E-state index < -0.39 is 0 Å². The summed E-state index contributed by atoms with van der Waals surface area (Å²) in [5.74, 6) is 5.39. The van der Waals surface area contributed by atoms with Gasteiger partial charge in [-0.15, -0.1) is 0 Å². The maximum atomic E-state index is 11.1. The van der Waals surface area contributed by atoms with Crippen LogP contribution >= 0.6 is 0 Å². The van der Waals surface area contributed by atoms with Crippen LogP contribution in [0, 0.1) is 5.92 Å². The highest BCUT2D eigenvalue weighted by atomic mass is 16.7. The Morgan fingerprint density at radius 3 is 2.94 bits per heavy atom. The van der Waals surface area contributed by atoms with Gasteiger partial charge in [-0.2, -0.15) is 0 Å². The van der Waals surface area contributed by atoms with Crippen LogP contribution in [-0.4, -0.2) is 30.5 Å². The molecule has 0 aromatic rings. The molecule has 0 aliphatic heterocycles. The number of hydrogen-bond acceptors (Lipinski definition) is 5. The van der Waals surface area contributed by atoms with Gasteiger partial charge in [0.15, 0.2) is 0 Å². The second kappa shape index (κ2) is 6.83. The van der Waals surface area contributed by atoms with Crippen LogP contribution in [0.5, 0.6) is 0 Å². The summed E-state index contributed by atoms with van der Waals surface area (Å²) >= 11 is 0. The first-order valence-corrected chi connectivity index (χ1v) is 5.99. The minimum absolute atomic E-state index is 0.307. The highest BCUT2D eigenvalue weighted by Gasteiger charge is 2.22. The fraction of sp³-hybridized carbons (Fsp3) is 0.909. The van der Waals surface area contributed by atoms with Gasteiger partial charge in [-0.05, 0) is 25.8 Å². The smallest absolute Gasteiger partial charge is 0.327 e. The van der Waals surface area contributed by atoms with Gasteiger partial charge in [0.1, 0.15) is 0 Å². The van der Waals surface area contributed by atoms with E-state index in [2.05, 4.69) is 23.7 Å². The molecule has 0 saturated heterocycles. The lowest BCUT2D eigenvalue weighted by atomic mass is 9.86. The van der Waals surface area contributed by atoms with E-state index in [9.17, 15) is 4.79 Å². The third-order valence-corrected chi connectivity index (χ3v) is 3.37. The molecule has 0 aromatic carbocycles. The van der Waals surface area contributed by atoms with Gasteiger partial charge in [0.05, 0.1) is 6.42 Å². The van der Waals surface area contributed by atoms with E-state index in [4.69, 9.17) is 5.84 Å². The van der Waals surface area contributed by atoms with Crippen molar-refractivity contribution >= 4 is 5.97 Å². The molecular formula is C11H23N3O2. The quantitative estimate of drug-likeness (QED) is 0.539. The van der Waals surface area contributed by atoms with Crippen molar-refractivity contribution in [3.8, 4) is 0 Å². The molecule has 0 bridgehead atoms. The van der Waals surface area contributed by atoms with Crippen LogP contribution in [0.25, 0.3) is 0 Å². The standard InChI is InChI=1S/C11H23N3O2/c1-9-4-3-5-10(8-9)14(2)7-6-11(15)16-13-12/h9-10,13H,3-8,12H2,1-2H3. The highest BCUT2D eigenvalue weighted by molar-refractivity contribution is 5.69. The average Bonchev–Trinajstić information content (AvgIpc) is 2.26. The van der Waals surface area contributed by atoms with Crippen molar-refractivity contribution in [1.29, 1.82) is 0 Å². The van der Waals surface area contributed by atoms with E-state index in [-0.39, 0.29) is 5.97 Å². The highest BCUT2D eigenvalue weighted by Crippen LogP contribution is 2.26. The molecule has 1 saturated carbocycles. The second-order valence-electron chi connectivity index (χ2n) is 4.75. The van der Waals surface area contributed by atoms with E-state index in [1.807, 2.05) is 5.59 Å². The summed E-state index contributed by atoms with van der Waals surface area (Å²) in [5, 5.41) is 0. The number of rotatable bonds is 5. The number of hydrogen-bond donors (Lipinski definition) is 2. The molecule has 1 aliphatic rings. The van der Waals surface area contributed by atoms with E-state index in [0.717, 1.165) is 12.5 Å². The molecule has 0 amide bonds. The van der Waals surface area contributed by atoms with Gasteiger partial charge in [-0.25, -0.2) is 5.84 Å². The zero-order valence-electron chi connectivity index (χ0n) is 10.2. The van der Waals surface area contributed by atoms with Crippen LogP contribution < -0.4 is 11.4 Å². The van der Waals surface area contributed by atoms with E-state index >= 15 is 0 Å². The summed E-state index contributed by atoms with van der Waals surface area (Å²) in [5.41, 5.74) is 1.91. The summed E-state index contributed by atoms with van der Waals surface area (Å²) in [7, 11) is 2.08. The van der Waals surface area contributed by atoms with Crippen molar-refractivity contribution in [3.05, 3.63) is 0 Å². The first-order valence-electron chi connectivity index (χ1n) is 5.99. The molecule has 2 unspecified atom stereocenters.